The molecule has 0 saturated carbocycles. The van der Waals surface area contributed by atoms with Crippen LogP contribution in [0.5, 0.6) is 11.5 Å². The first-order chi connectivity index (χ1) is 13.9. The van der Waals surface area contributed by atoms with Crippen molar-refractivity contribution in [1.29, 1.82) is 0 Å². The number of esters is 1. The Morgan fingerprint density at radius 3 is 2.14 bits per heavy atom. The minimum atomic E-state index is -0.606. The largest absolute Gasteiger partial charge is 0.497 e. The van der Waals surface area contributed by atoms with Gasteiger partial charge in [-0.3, -0.25) is 14.4 Å². The molecule has 0 aliphatic heterocycles. The van der Waals surface area contributed by atoms with Crippen molar-refractivity contribution in [2.24, 2.45) is 0 Å². The average molecular weight is 400 g/mol. The van der Waals surface area contributed by atoms with Crippen molar-refractivity contribution in [3.05, 3.63) is 54.1 Å². The number of rotatable bonds is 9. The number of ether oxygens (including phenoxy) is 3. The molecule has 0 unspecified atom stereocenters. The van der Waals surface area contributed by atoms with Crippen LogP contribution < -0.4 is 20.1 Å². The number of hydrogen-bond acceptors (Lipinski definition) is 6. The van der Waals surface area contributed by atoms with E-state index in [1.165, 1.54) is 21.1 Å². The van der Waals surface area contributed by atoms with Crippen LogP contribution in [0.4, 0.5) is 5.69 Å². The van der Waals surface area contributed by atoms with E-state index >= 15 is 0 Å². The molecule has 0 aliphatic carbocycles. The molecular formula is C21H24N2O6. The van der Waals surface area contributed by atoms with Gasteiger partial charge in [0.1, 0.15) is 11.5 Å². The molecule has 1 atom stereocenters. The second-order valence-electron chi connectivity index (χ2n) is 6.18. The summed E-state index contributed by atoms with van der Waals surface area (Å²) in [5.41, 5.74) is 1.22. The Morgan fingerprint density at radius 2 is 1.59 bits per heavy atom. The first-order valence-corrected chi connectivity index (χ1v) is 8.92. The van der Waals surface area contributed by atoms with E-state index < -0.39 is 24.5 Å². The van der Waals surface area contributed by atoms with Gasteiger partial charge < -0.3 is 24.8 Å². The molecule has 0 spiro atoms. The lowest BCUT2D eigenvalue weighted by atomic mass is 10.0. The Hall–Kier alpha value is -3.55. The van der Waals surface area contributed by atoms with Crippen LogP contribution >= 0.6 is 0 Å². The molecule has 0 aliphatic rings. The van der Waals surface area contributed by atoms with E-state index in [2.05, 4.69) is 10.6 Å². The third-order valence-corrected chi connectivity index (χ3v) is 3.95. The fourth-order valence-electron chi connectivity index (χ4n) is 2.63. The number of nitrogens with one attached hydrogen (secondary N) is 2. The second-order valence-corrected chi connectivity index (χ2v) is 6.18. The van der Waals surface area contributed by atoms with Gasteiger partial charge in [-0.15, -0.1) is 0 Å². The predicted molar refractivity (Wildman–Crippen MR) is 107 cm³/mol. The van der Waals surface area contributed by atoms with Crippen molar-refractivity contribution in [3.63, 3.8) is 0 Å². The molecule has 0 aromatic heterocycles. The lowest BCUT2D eigenvalue weighted by Crippen LogP contribution is -2.29. The van der Waals surface area contributed by atoms with Crippen molar-refractivity contribution in [2.75, 3.05) is 26.1 Å². The molecule has 0 fully saturated rings. The molecule has 0 radical (unpaired) electrons. The third kappa shape index (κ3) is 7.17. The lowest BCUT2D eigenvalue weighted by Gasteiger charge is -2.17. The topological polar surface area (TPSA) is 103 Å². The molecule has 0 bridgehead atoms. The maximum absolute atomic E-state index is 12.2. The van der Waals surface area contributed by atoms with Crippen molar-refractivity contribution in [2.45, 2.75) is 19.4 Å². The van der Waals surface area contributed by atoms with E-state index in [9.17, 15) is 14.4 Å². The van der Waals surface area contributed by atoms with Gasteiger partial charge in [0, 0.05) is 30.8 Å². The molecule has 154 valence electrons. The number of carbonyl (C=O) groups excluding carboxylic acids is 3. The van der Waals surface area contributed by atoms with Crippen molar-refractivity contribution in [3.8, 4) is 11.5 Å². The molecule has 2 aromatic rings. The van der Waals surface area contributed by atoms with E-state index in [-0.39, 0.29) is 12.3 Å². The van der Waals surface area contributed by atoms with Crippen LogP contribution in [0.15, 0.2) is 48.5 Å². The summed E-state index contributed by atoms with van der Waals surface area (Å²) in [6.45, 7) is 0.914. The molecule has 2 aromatic carbocycles. The van der Waals surface area contributed by atoms with Crippen LogP contribution in [0.3, 0.4) is 0 Å². The second kappa shape index (κ2) is 10.7. The summed E-state index contributed by atoms with van der Waals surface area (Å²) in [5.74, 6) is -0.359. The van der Waals surface area contributed by atoms with Gasteiger partial charge in [-0.05, 0) is 5.56 Å². The highest BCUT2D eigenvalue weighted by molar-refractivity contribution is 5.93. The number of carbonyl (C=O) groups is 3. The van der Waals surface area contributed by atoms with Crippen molar-refractivity contribution < 1.29 is 28.6 Å². The summed E-state index contributed by atoms with van der Waals surface area (Å²) in [5, 5.41) is 5.33. The molecule has 2 amide bonds. The highest BCUT2D eigenvalue weighted by Gasteiger charge is 2.19. The predicted octanol–water partition coefficient (Wildman–Crippen LogP) is 2.45. The number of amides is 2. The minimum Gasteiger partial charge on any atom is -0.497 e. The third-order valence-electron chi connectivity index (χ3n) is 3.95. The molecule has 8 heteroatoms. The summed E-state index contributed by atoms with van der Waals surface area (Å²) in [7, 11) is 3.00. The zero-order valence-electron chi connectivity index (χ0n) is 16.6. The Kier molecular flexibility index (Phi) is 8.02. The van der Waals surface area contributed by atoms with Gasteiger partial charge in [-0.2, -0.15) is 0 Å². The summed E-state index contributed by atoms with van der Waals surface area (Å²) >= 11 is 0. The van der Waals surface area contributed by atoms with Gasteiger partial charge in [0.2, 0.25) is 5.91 Å². The van der Waals surface area contributed by atoms with Gasteiger partial charge in [0.15, 0.2) is 6.61 Å². The van der Waals surface area contributed by atoms with Crippen LogP contribution in [0.1, 0.15) is 24.9 Å². The van der Waals surface area contributed by atoms with E-state index in [0.717, 1.165) is 5.56 Å². The maximum Gasteiger partial charge on any atom is 0.308 e. The maximum atomic E-state index is 12.2. The monoisotopic (exact) mass is 400 g/mol. The first-order valence-electron chi connectivity index (χ1n) is 8.92. The summed E-state index contributed by atoms with van der Waals surface area (Å²) in [4.78, 5) is 35.7. The fraction of sp³-hybridized carbons (Fsp3) is 0.286. The van der Waals surface area contributed by atoms with Crippen LogP contribution in [0, 0.1) is 0 Å². The molecule has 8 nitrogen and oxygen atoms in total. The van der Waals surface area contributed by atoms with Gasteiger partial charge in [0.05, 0.1) is 26.7 Å². The number of methoxy groups -OCH3 is 2. The van der Waals surface area contributed by atoms with Gasteiger partial charge >= 0.3 is 5.97 Å². The Morgan fingerprint density at radius 1 is 0.966 bits per heavy atom. The molecule has 2 N–H and O–H groups in total. The average Bonchev–Trinajstić information content (AvgIpc) is 2.71. The Balaban J connectivity index is 1.92. The molecule has 0 heterocycles. The summed E-state index contributed by atoms with van der Waals surface area (Å²) in [6, 6.07) is 13.4. The zero-order chi connectivity index (χ0) is 21.2. The molecule has 0 saturated heterocycles. The van der Waals surface area contributed by atoms with Crippen LogP contribution in [-0.2, 0) is 19.1 Å². The summed E-state index contributed by atoms with van der Waals surface area (Å²) in [6.07, 6.45) is -0.0934. The molecular weight excluding hydrogens is 376 g/mol. The Bertz CT molecular complexity index is 831. The van der Waals surface area contributed by atoms with E-state index in [1.54, 1.807) is 30.3 Å². The standard InChI is InChI=1S/C21H24N2O6/c1-14(24)22-19(15-7-5-4-6-8-15)12-21(26)29-13-20(25)23-16-9-17(27-2)11-18(10-16)28-3/h4-11,19H,12-13H2,1-3H3,(H,22,24)(H,23,25)/t19-/m0/s1. The summed E-state index contributed by atoms with van der Waals surface area (Å²) < 4.78 is 15.3. The lowest BCUT2D eigenvalue weighted by molar-refractivity contribution is -0.148. The van der Waals surface area contributed by atoms with Crippen LogP contribution in [0.2, 0.25) is 0 Å². The normalized spacial score (nSPS) is 11.1. The van der Waals surface area contributed by atoms with Gasteiger partial charge in [0.25, 0.3) is 5.91 Å². The van der Waals surface area contributed by atoms with Crippen molar-refractivity contribution in [1.82, 2.24) is 5.32 Å². The SMILES string of the molecule is COc1cc(NC(=O)COC(=O)C[C@H](NC(C)=O)c2ccccc2)cc(OC)c1. The smallest absolute Gasteiger partial charge is 0.308 e. The molecule has 2 rings (SSSR count). The van der Waals surface area contributed by atoms with Crippen LogP contribution in [0.25, 0.3) is 0 Å². The number of anilines is 1. The van der Waals surface area contributed by atoms with Gasteiger partial charge in [-0.1, -0.05) is 30.3 Å². The Labute approximate surface area is 169 Å². The van der Waals surface area contributed by atoms with E-state index in [0.29, 0.717) is 17.2 Å². The first kappa shape index (κ1) is 21.7. The molecule has 29 heavy (non-hydrogen) atoms. The minimum absolute atomic E-state index is 0.0934. The highest BCUT2D eigenvalue weighted by Crippen LogP contribution is 2.25. The highest BCUT2D eigenvalue weighted by atomic mass is 16.5. The van der Waals surface area contributed by atoms with E-state index in [1.807, 2.05) is 18.2 Å². The fourth-order valence-corrected chi connectivity index (χ4v) is 2.63. The van der Waals surface area contributed by atoms with Crippen LogP contribution in [-0.4, -0.2) is 38.6 Å². The van der Waals surface area contributed by atoms with E-state index in [4.69, 9.17) is 14.2 Å². The zero-order valence-corrected chi connectivity index (χ0v) is 16.6. The number of benzene rings is 2. The number of hydrogen-bond donors (Lipinski definition) is 2. The quantitative estimate of drug-likeness (QED) is 0.627. The van der Waals surface area contributed by atoms with Gasteiger partial charge in [-0.25, -0.2) is 0 Å². The van der Waals surface area contributed by atoms with Crippen molar-refractivity contribution >= 4 is 23.5 Å².